The first-order valence-electron chi connectivity index (χ1n) is 13.5. The van der Waals surface area contributed by atoms with Gasteiger partial charge in [-0.25, -0.2) is 23.1 Å². The third-order valence-electron chi connectivity index (χ3n) is 7.35. The first kappa shape index (κ1) is 30.4. The molecular formula is C30H29ClF2N6O3S. The van der Waals surface area contributed by atoms with Crippen LogP contribution in [0.5, 0.6) is 5.75 Å². The van der Waals surface area contributed by atoms with E-state index in [1.54, 1.807) is 18.3 Å². The van der Waals surface area contributed by atoms with Crippen LogP contribution in [0.3, 0.4) is 0 Å². The normalized spacial score (nSPS) is 15.4. The highest BCUT2D eigenvalue weighted by atomic mass is 35.5. The highest BCUT2D eigenvalue weighted by Crippen LogP contribution is 2.40. The van der Waals surface area contributed by atoms with Crippen LogP contribution in [0.15, 0.2) is 58.6 Å². The predicted molar refractivity (Wildman–Crippen MR) is 165 cm³/mol. The quantitative estimate of drug-likeness (QED) is 0.215. The number of phenolic OH excluding ortho intramolecular Hbond substituents is 1. The Morgan fingerprint density at radius 2 is 1.98 bits per heavy atom. The van der Waals surface area contributed by atoms with Gasteiger partial charge in [-0.15, -0.1) is 11.8 Å². The number of rotatable bonds is 6. The Morgan fingerprint density at radius 1 is 1.23 bits per heavy atom. The average molecular weight is 627 g/mol. The monoisotopic (exact) mass is 626 g/mol. The van der Waals surface area contributed by atoms with Crippen LogP contribution in [0.4, 0.5) is 14.6 Å². The maximum atomic E-state index is 15.1. The van der Waals surface area contributed by atoms with E-state index in [0.29, 0.717) is 16.8 Å². The van der Waals surface area contributed by atoms with Gasteiger partial charge in [0.05, 0.1) is 33.0 Å². The molecule has 5 rings (SSSR count). The van der Waals surface area contributed by atoms with Gasteiger partial charge in [0.15, 0.2) is 11.5 Å². The molecule has 0 saturated carbocycles. The van der Waals surface area contributed by atoms with Gasteiger partial charge in [-0.2, -0.15) is 4.98 Å². The number of thioether (sulfide) groups is 1. The van der Waals surface area contributed by atoms with Crippen molar-refractivity contribution in [1.29, 1.82) is 0 Å². The van der Waals surface area contributed by atoms with Crippen LogP contribution in [0.1, 0.15) is 32.4 Å². The zero-order chi connectivity index (χ0) is 31.2. The van der Waals surface area contributed by atoms with Crippen molar-refractivity contribution in [2.24, 2.45) is 0 Å². The Labute approximate surface area is 255 Å². The van der Waals surface area contributed by atoms with Crippen molar-refractivity contribution in [1.82, 2.24) is 24.4 Å². The molecule has 1 saturated heterocycles. The molecule has 1 fully saturated rings. The van der Waals surface area contributed by atoms with E-state index in [-0.39, 0.29) is 65.1 Å². The smallest absolute Gasteiger partial charge is 0.355 e. The number of anilines is 1. The summed E-state index contributed by atoms with van der Waals surface area (Å²) in [5.41, 5.74) is 0.324. The van der Waals surface area contributed by atoms with Gasteiger partial charge in [-0.1, -0.05) is 38.1 Å². The molecule has 1 amide bonds. The van der Waals surface area contributed by atoms with Crippen molar-refractivity contribution >= 4 is 46.1 Å². The standard InChI is InChI=1S/C30H29ClF2N6O3S/c1-15(2)24-26(22(43-5)9-10-34-24)39-28-18(13-19(31)25(35-28)23-20(33)7-6-8-21(23)40)27(36-30(39)42)38-12-11-37(14-16(38)3)29(41)17(4)32/h6-10,13,15-16,40H,4,11-12,14H2,1-3,5H3/t16-/m0/s1. The number of benzene rings is 1. The van der Waals surface area contributed by atoms with Crippen LogP contribution in [0, 0.1) is 5.82 Å². The highest BCUT2D eigenvalue weighted by molar-refractivity contribution is 7.98. The summed E-state index contributed by atoms with van der Waals surface area (Å²) < 4.78 is 30.0. The molecule has 4 aromatic rings. The molecule has 0 aliphatic carbocycles. The van der Waals surface area contributed by atoms with Crippen LogP contribution in [-0.4, -0.2) is 67.4 Å². The second-order valence-corrected chi connectivity index (χ2v) is 11.7. The third kappa shape index (κ3) is 5.45. The van der Waals surface area contributed by atoms with E-state index in [1.807, 2.05) is 31.9 Å². The molecule has 4 heterocycles. The summed E-state index contributed by atoms with van der Waals surface area (Å²) in [5, 5.41) is 11.0. The second-order valence-electron chi connectivity index (χ2n) is 10.5. The fourth-order valence-corrected chi connectivity index (χ4v) is 6.17. The molecule has 0 bridgehead atoms. The first-order chi connectivity index (χ1) is 20.4. The van der Waals surface area contributed by atoms with Gasteiger partial charge < -0.3 is 14.9 Å². The lowest BCUT2D eigenvalue weighted by Gasteiger charge is -2.40. The number of piperazine rings is 1. The number of pyridine rings is 2. The number of carbonyl (C=O) groups excluding carboxylic acids is 1. The molecule has 1 aromatic carbocycles. The largest absolute Gasteiger partial charge is 0.507 e. The van der Waals surface area contributed by atoms with E-state index in [1.165, 1.54) is 39.4 Å². The van der Waals surface area contributed by atoms with Crippen molar-refractivity contribution in [3.05, 3.63) is 76.0 Å². The molecule has 0 spiro atoms. The van der Waals surface area contributed by atoms with Gasteiger partial charge in [0.1, 0.15) is 17.4 Å². The van der Waals surface area contributed by atoms with Crippen LogP contribution in [-0.2, 0) is 4.79 Å². The number of carbonyl (C=O) groups is 1. The fraction of sp³-hybridized carbons (Fsp3) is 0.300. The SMILES string of the molecule is C=C(F)C(=O)N1CCN(c2nc(=O)n(-c3c(SC)ccnc3C(C)C)c3nc(-c4c(O)cccc4F)c(Cl)cc23)[C@@H](C)C1. The van der Waals surface area contributed by atoms with Gasteiger partial charge in [-0.05, 0) is 43.4 Å². The fourth-order valence-electron chi connectivity index (χ4n) is 5.34. The number of aromatic hydroxyl groups is 1. The number of phenols is 1. The average Bonchev–Trinajstić information content (AvgIpc) is 2.96. The molecule has 1 aliphatic heterocycles. The number of amides is 1. The van der Waals surface area contributed by atoms with Crippen LogP contribution in [0.25, 0.3) is 28.0 Å². The zero-order valence-corrected chi connectivity index (χ0v) is 25.5. The molecule has 9 nitrogen and oxygen atoms in total. The summed E-state index contributed by atoms with van der Waals surface area (Å²) in [4.78, 5) is 44.0. The molecule has 1 aliphatic rings. The maximum absolute atomic E-state index is 15.1. The maximum Gasteiger partial charge on any atom is 0.355 e. The Kier molecular flexibility index (Phi) is 8.44. The number of halogens is 3. The van der Waals surface area contributed by atoms with Crippen molar-refractivity contribution in [3.63, 3.8) is 0 Å². The molecule has 3 aromatic heterocycles. The van der Waals surface area contributed by atoms with E-state index >= 15 is 4.39 Å². The summed E-state index contributed by atoms with van der Waals surface area (Å²) in [6.45, 7) is 9.40. The van der Waals surface area contributed by atoms with Gasteiger partial charge >= 0.3 is 5.69 Å². The molecule has 224 valence electrons. The van der Waals surface area contributed by atoms with Crippen LogP contribution in [0.2, 0.25) is 5.02 Å². The van der Waals surface area contributed by atoms with Crippen molar-refractivity contribution in [2.75, 3.05) is 30.8 Å². The zero-order valence-electron chi connectivity index (χ0n) is 23.9. The minimum Gasteiger partial charge on any atom is -0.507 e. The van der Waals surface area contributed by atoms with Gasteiger partial charge in [-0.3, -0.25) is 9.78 Å². The Morgan fingerprint density at radius 3 is 2.60 bits per heavy atom. The van der Waals surface area contributed by atoms with E-state index < -0.39 is 23.2 Å². The summed E-state index contributed by atoms with van der Waals surface area (Å²) in [6, 6.07) is 6.82. The molecular weight excluding hydrogens is 598 g/mol. The topological polar surface area (TPSA) is 104 Å². The molecule has 0 radical (unpaired) electrons. The van der Waals surface area contributed by atoms with E-state index in [2.05, 4.69) is 16.5 Å². The Balaban J connectivity index is 1.83. The highest BCUT2D eigenvalue weighted by Gasteiger charge is 2.32. The van der Waals surface area contributed by atoms with Crippen LogP contribution >= 0.6 is 23.4 Å². The van der Waals surface area contributed by atoms with Gasteiger partial charge in [0.25, 0.3) is 5.91 Å². The molecule has 13 heteroatoms. The van der Waals surface area contributed by atoms with Crippen molar-refractivity contribution < 1.29 is 18.7 Å². The van der Waals surface area contributed by atoms with Gasteiger partial charge in [0, 0.05) is 36.8 Å². The second kappa shape index (κ2) is 11.9. The Bertz CT molecular complexity index is 1810. The van der Waals surface area contributed by atoms with Crippen LogP contribution < -0.4 is 10.6 Å². The van der Waals surface area contributed by atoms with Gasteiger partial charge in [0.2, 0.25) is 0 Å². The minimum absolute atomic E-state index is 0.0247. The molecule has 1 N–H and O–H groups in total. The lowest BCUT2D eigenvalue weighted by Crippen LogP contribution is -2.54. The van der Waals surface area contributed by atoms with Crippen molar-refractivity contribution in [3.8, 4) is 22.7 Å². The lowest BCUT2D eigenvalue weighted by molar-refractivity contribution is -0.129. The molecule has 0 unspecified atom stereocenters. The third-order valence-corrected chi connectivity index (χ3v) is 8.41. The summed E-state index contributed by atoms with van der Waals surface area (Å²) in [7, 11) is 0. The molecule has 1 atom stereocenters. The summed E-state index contributed by atoms with van der Waals surface area (Å²) in [5.74, 6) is -2.77. The van der Waals surface area contributed by atoms with E-state index in [9.17, 15) is 19.1 Å². The number of fused-ring (bicyclic) bond motifs is 1. The number of hydrogen-bond acceptors (Lipinski definition) is 8. The Hall–Kier alpha value is -4.03. The number of nitrogens with zero attached hydrogens (tertiary/aromatic N) is 6. The van der Waals surface area contributed by atoms with E-state index in [0.717, 1.165) is 4.90 Å². The minimum atomic E-state index is -1.05. The number of hydrogen-bond donors (Lipinski definition) is 1. The molecule has 43 heavy (non-hydrogen) atoms. The van der Waals surface area contributed by atoms with E-state index in [4.69, 9.17) is 16.6 Å². The summed E-state index contributed by atoms with van der Waals surface area (Å²) in [6.07, 6.45) is 3.54. The van der Waals surface area contributed by atoms with Crippen molar-refractivity contribution in [2.45, 2.75) is 37.6 Å². The first-order valence-corrected chi connectivity index (χ1v) is 15.1. The predicted octanol–water partition coefficient (Wildman–Crippen LogP) is 5.71. The number of aromatic nitrogens is 4. The lowest BCUT2D eigenvalue weighted by atomic mass is 10.1. The summed E-state index contributed by atoms with van der Waals surface area (Å²) >= 11 is 8.13.